The number of allylic oxidation sites excluding steroid dienone is 1. The van der Waals surface area contributed by atoms with Gasteiger partial charge in [-0.2, -0.15) is 13.2 Å². The third kappa shape index (κ3) is 4.53. The highest BCUT2D eigenvalue weighted by Crippen LogP contribution is 2.42. The molecule has 1 aliphatic heterocycles. The van der Waals surface area contributed by atoms with Gasteiger partial charge in [-0.15, -0.1) is 0 Å². The highest BCUT2D eigenvalue weighted by atomic mass is 19.4. The molecule has 0 aliphatic carbocycles. The van der Waals surface area contributed by atoms with Gasteiger partial charge in [-0.1, -0.05) is 78.9 Å². The third-order valence-electron chi connectivity index (χ3n) is 5.45. The van der Waals surface area contributed by atoms with Crippen LogP contribution < -0.4 is 4.90 Å². The summed E-state index contributed by atoms with van der Waals surface area (Å²) in [5.41, 5.74) is 1.99. The van der Waals surface area contributed by atoms with Crippen molar-refractivity contribution in [3.8, 4) is 0 Å². The molecule has 3 nitrogen and oxygen atoms in total. The molecule has 0 bridgehead atoms. The van der Waals surface area contributed by atoms with E-state index in [1.54, 1.807) is 48.5 Å². The quantitative estimate of drug-likeness (QED) is 0.533. The predicted molar refractivity (Wildman–Crippen MR) is 114 cm³/mol. The number of hydrogen-bond donors (Lipinski definition) is 0. The van der Waals surface area contributed by atoms with Crippen molar-refractivity contribution < 1.29 is 18.0 Å². The number of aromatic nitrogens is 1. The van der Waals surface area contributed by atoms with Gasteiger partial charge in [0.25, 0.3) is 0 Å². The van der Waals surface area contributed by atoms with Crippen LogP contribution in [0, 0.1) is 5.92 Å². The number of carbonyl (C=O) groups excluding carboxylic acids is 1. The molecule has 0 radical (unpaired) electrons. The minimum Gasteiger partial charge on any atom is -0.296 e. The van der Waals surface area contributed by atoms with Crippen LogP contribution in [0.15, 0.2) is 85.1 Å². The summed E-state index contributed by atoms with van der Waals surface area (Å²) in [5.74, 6) is -4.04. The van der Waals surface area contributed by atoms with E-state index in [0.717, 1.165) is 11.1 Å². The summed E-state index contributed by atoms with van der Waals surface area (Å²) in [6, 6.07) is 21.0. The van der Waals surface area contributed by atoms with Crippen LogP contribution in [0.2, 0.25) is 0 Å². The molecule has 0 saturated carbocycles. The molecule has 0 N–H and O–H groups in total. The number of anilines is 1. The van der Waals surface area contributed by atoms with Crippen molar-refractivity contribution in [2.45, 2.75) is 18.5 Å². The Morgan fingerprint density at radius 3 is 2.32 bits per heavy atom. The smallest absolute Gasteiger partial charge is 0.296 e. The second-order valence-corrected chi connectivity index (χ2v) is 7.45. The number of rotatable bonds is 5. The van der Waals surface area contributed by atoms with Crippen molar-refractivity contribution in [1.29, 1.82) is 0 Å². The van der Waals surface area contributed by atoms with Crippen LogP contribution in [0.4, 0.5) is 19.0 Å². The number of amides is 1. The van der Waals surface area contributed by atoms with E-state index >= 15 is 0 Å². The number of benzene rings is 2. The number of alkyl halides is 3. The zero-order chi connectivity index (χ0) is 21.8. The molecule has 1 aliphatic rings. The lowest BCUT2D eigenvalue weighted by Crippen LogP contribution is -2.44. The maximum absolute atomic E-state index is 14.4. The molecule has 2 aromatic carbocycles. The van der Waals surface area contributed by atoms with Gasteiger partial charge in [0.1, 0.15) is 11.7 Å². The lowest BCUT2D eigenvalue weighted by molar-refractivity contribution is -0.183. The van der Waals surface area contributed by atoms with Crippen LogP contribution in [0.25, 0.3) is 6.08 Å². The predicted octanol–water partition coefficient (Wildman–Crippen LogP) is 5.65. The average Bonchev–Trinajstić information content (AvgIpc) is 3.21. The Labute approximate surface area is 178 Å². The lowest BCUT2D eigenvalue weighted by atomic mass is 9.83. The van der Waals surface area contributed by atoms with Crippen LogP contribution in [-0.2, 0) is 11.2 Å². The molecule has 6 heteroatoms. The first-order chi connectivity index (χ1) is 14.9. The molecular formula is C25H21F3N2O. The monoisotopic (exact) mass is 422 g/mol. The van der Waals surface area contributed by atoms with E-state index in [-0.39, 0.29) is 6.54 Å². The Balaban J connectivity index is 1.75. The van der Waals surface area contributed by atoms with Gasteiger partial charge in [0, 0.05) is 18.7 Å². The summed E-state index contributed by atoms with van der Waals surface area (Å²) < 4.78 is 43.1. The highest BCUT2D eigenvalue weighted by molar-refractivity contribution is 5.97. The van der Waals surface area contributed by atoms with Crippen molar-refractivity contribution in [3.63, 3.8) is 0 Å². The molecule has 0 fully saturated rings. The molecule has 2 atom stereocenters. The minimum atomic E-state index is -4.73. The van der Waals surface area contributed by atoms with Crippen molar-refractivity contribution in [3.05, 3.63) is 102 Å². The van der Waals surface area contributed by atoms with E-state index < -0.39 is 23.9 Å². The fraction of sp³-hybridized carbons (Fsp3) is 0.200. The maximum atomic E-state index is 14.4. The molecule has 0 unspecified atom stereocenters. The van der Waals surface area contributed by atoms with Crippen LogP contribution in [-0.4, -0.2) is 23.6 Å². The zero-order valence-corrected chi connectivity index (χ0v) is 16.7. The molecule has 0 saturated heterocycles. The standard InChI is InChI=1S/C25H21F3N2O/c26-25(27,28)22(24(31)30-17-15-20-12-7-16-29-23(20)30)21(19-10-5-2-6-11-19)14-13-18-8-3-1-4-9-18/h1-14,16,21-22H,15,17H2/b14-13+/t21-,22+/m0/s1. The minimum absolute atomic E-state index is 0.196. The summed E-state index contributed by atoms with van der Waals surface area (Å²) >= 11 is 0. The molecule has 3 aromatic rings. The summed E-state index contributed by atoms with van der Waals surface area (Å²) in [4.78, 5) is 18.7. The number of fused-ring (bicyclic) bond motifs is 1. The van der Waals surface area contributed by atoms with E-state index in [1.807, 2.05) is 30.3 Å². The molecule has 1 aromatic heterocycles. The van der Waals surface area contributed by atoms with Crippen molar-refractivity contribution in [2.24, 2.45) is 5.92 Å². The number of carbonyl (C=O) groups is 1. The second-order valence-electron chi connectivity index (χ2n) is 7.45. The Hall–Kier alpha value is -3.41. The topological polar surface area (TPSA) is 33.2 Å². The molecular weight excluding hydrogens is 401 g/mol. The summed E-state index contributed by atoms with van der Waals surface area (Å²) in [5, 5.41) is 0. The summed E-state index contributed by atoms with van der Waals surface area (Å²) in [7, 11) is 0. The van der Waals surface area contributed by atoms with Gasteiger partial charge in [-0.05, 0) is 29.2 Å². The van der Waals surface area contributed by atoms with Gasteiger partial charge >= 0.3 is 6.18 Å². The lowest BCUT2D eigenvalue weighted by Gasteiger charge is -2.30. The van der Waals surface area contributed by atoms with Gasteiger partial charge in [0.05, 0.1) is 0 Å². The van der Waals surface area contributed by atoms with Gasteiger partial charge in [0.15, 0.2) is 0 Å². The van der Waals surface area contributed by atoms with Crippen molar-refractivity contribution >= 4 is 17.8 Å². The first-order valence-electron chi connectivity index (χ1n) is 10.1. The Bertz CT molecular complexity index is 1060. The molecule has 1 amide bonds. The second kappa shape index (κ2) is 8.76. The average molecular weight is 422 g/mol. The number of pyridine rings is 1. The first kappa shape index (κ1) is 20.8. The summed E-state index contributed by atoms with van der Waals surface area (Å²) in [6.45, 7) is 0.196. The highest BCUT2D eigenvalue weighted by Gasteiger charge is 2.51. The zero-order valence-electron chi connectivity index (χ0n) is 16.7. The van der Waals surface area contributed by atoms with E-state index in [2.05, 4.69) is 4.98 Å². The SMILES string of the molecule is O=C([C@@H]([C@@H](/C=C/c1ccccc1)c1ccccc1)C(F)(F)F)N1CCc2cccnc21. The van der Waals surface area contributed by atoms with Crippen LogP contribution >= 0.6 is 0 Å². The molecule has 4 rings (SSSR count). The van der Waals surface area contributed by atoms with Gasteiger partial charge in [-0.3, -0.25) is 9.69 Å². The van der Waals surface area contributed by atoms with Crippen LogP contribution in [0.5, 0.6) is 0 Å². The molecule has 158 valence electrons. The van der Waals surface area contributed by atoms with E-state index in [9.17, 15) is 18.0 Å². The van der Waals surface area contributed by atoms with Crippen LogP contribution in [0.1, 0.15) is 22.6 Å². The fourth-order valence-corrected chi connectivity index (χ4v) is 3.96. The van der Waals surface area contributed by atoms with Gasteiger partial charge in [-0.25, -0.2) is 4.98 Å². The normalized spacial score (nSPS) is 15.6. The van der Waals surface area contributed by atoms with Crippen molar-refractivity contribution in [1.82, 2.24) is 4.98 Å². The maximum Gasteiger partial charge on any atom is 0.401 e. The van der Waals surface area contributed by atoms with Gasteiger partial charge in [0.2, 0.25) is 5.91 Å². The van der Waals surface area contributed by atoms with E-state index in [4.69, 9.17) is 0 Å². The van der Waals surface area contributed by atoms with E-state index in [1.165, 1.54) is 17.2 Å². The summed E-state index contributed by atoms with van der Waals surface area (Å²) in [6.07, 6.45) is 0.387. The Morgan fingerprint density at radius 1 is 0.968 bits per heavy atom. The molecule has 2 heterocycles. The third-order valence-corrected chi connectivity index (χ3v) is 5.45. The largest absolute Gasteiger partial charge is 0.401 e. The van der Waals surface area contributed by atoms with Gasteiger partial charge < -0.3 is 0 Å². The van der Waals surface area contributed by atoms with Crippen LogP contribution in [0.3, 0.4) is 0 Å². The fourth-order valence-electron chi connectivity index (χ4n) is 3.96. The number of nitrogens with zero attached hydrogens (tertiary/aromatic N) is 2. The number of hydrogen-bond acceptors (Lipinski definition) is 2. The number of halogens is 3. The molecule has 0 spiro atoms. The molecule has 31 heavy (non-hydrogen) atoms. The van der Waals surface area contributed by atoms with Crippen molar-refractivity contribution in [2.75, 3.05) is 11.4 Å². The first-order valence-corrected chi connectivity index (χ1v) is 10.1. The Kier molecular flexibility index (Phi) is 5.89. The Morgan fingerprint density at radius 2 is 1.65 bits per heavy atom. The van der Waals surface area contributed by atoms with E-state index in [0.29, 0.717) is 17.8 Å².